The van der Waals surface area contributed by atoms with E-state index in [9.17, 15) is 0 Å². The lowest BCUT2D eigenvalue weighted by Gasteiger charge is -2.35. The number of hydrogen-bond acceptors (Lipinski definition) is 1. The van der Waals surface area contributed by atoms with E-state index >= 15 is 0 Å². The summed E-state index contributed by atoms with van der Waals surface area (Å²) in [6.07, 6.45) is 6.64. The van der Waals surface area contributed by atoms with Crippen molar-refractivity contribution >= 4 is 31.9 Å². The second-order valence-corrected chi connectivity index (χ2v) is 6.81. The molecule has 0 heterocycles. The fourth-order valence-electron chi connectivity index (χ4n) is 2.56. The SMILES string of the molecule is Cc1cc(OCC2(CBr)CCCCC2)ccc1Br. The summed E-state index contributed by atoms with van der Waals surface area (Å²) in [4.78, 5) is 0. The van der Waals surface area contributed by atoms with Gasteiger partial charge in [0.2, 0.25) is 0 Å². The summed E-state index contributed by atoms with van der Waals surface area (Å²) in [5, 5.41) is 1.05. The molecule has 18 heavy (non-hydrogen) atoms. The highest BCUT2D eigenvalue weighted by Gasteiger charge is 2.31. The van der Waals surface area contributed by atoms with E-state index in [2.05, 4.69) is 50.9 Å². The van der Waals surface area contributed by atoms with Crippen LogP contribution in [-0.4, -0.2) is 11.9 Å². The van der Waals surface area contributed by atoms with Crippen LogP contribution in [0.1, 0.15) is 37.7 Å². The van der Waals surface area contributed by atoms with Gasteiger partial charge in [0.15, 0.2) is 0 Å². The topological polar surface area (TPSA) is 9.23 Å². The molecular weight excluding hydrogens is 356 g/mol. The lowest BCUT2D eigenvalue weighted by molar-refractivity contribution is 0.122. The third kappa shape index (κ3) is 3.51. The summed E-state index contributed by atoms with van der Waals surface area (Å²) in [7, 11) is 0. The van der Waals surface area contributed by atoms with E-state index in [1.54, 1.807) is 0 Å². The average molecular weight is 376 g/mol. The monoisotopic (exact) mass is 374 g/mol. The number of ether oxygens (including phenoxy) is 1. The van der Waals surface area contributed by atoms with Gasteiger partial charge >= 0.3 is 0 Å². The molecule has 1 saturated carbocycles. The zero-order valence-electron chi connectivity index (χ0n) is 10.8. The number of alkyl halides is 1. The average Bonchev–Trinajstić information content (AvgIpc) is 2.41. The number of aryl methyl sites for hydroxylation is 1. The molecule has 0 bridgehead atoms. The zero-order valence-corrected chi connectivity index (χ0v) is 14.0. The van der Waals surface area contributed by atoms with Crippen LogP contribution in [0.2, 0.25) is 0 Å². The molecule has 100 valence electrons. The standard InChI is InChI=1S/C15H20Br2O/c1-12-9-13(5-6-14(12)17)18-11-15(10-16)7-3-2-4-8-15/h5-6,9H,2-4,7-8,10-11H2,1H3. The number of halogens is 2. The van der Waals surface area contributed by atoms with Crippen LogP contribution in [0.15, 0.2) is 22.7 Å². The molecule has 1 fully saturated rings. The van der Waals surface area contributed by atoms with Gasteiger partial charge < -0.3 is 4.74 Å². The van der Waals surface area contributed by atoms with Crippen molar-refractivity contribution in [3.63, 3.8) is 0 Å². The van der Waals surface area contributed by atoms with Crippen LogP contribution < -0.4 is 4.74 Å². The van der Waals surface area contributed by atoms with Crippen LogP contribution in [0.5, 0.6) is 5.75 Å². The first-order valence-electron chi connectivity index (χ1n) is 6.60. The molecule has 0 radical (unpaired) electrons. The quantitative estimate of drug-likeness (QED) is 0.633. The van der Waals surface area contributed by atoms with Gasteiger partial charge in [-0.1, -0.05) is 51.1 Å². The Morgan fingerprint density at radius 1 is 1.22 bits per heavy atom. The van der Waals surface area contributed by atoms with E-state index in [0.29, 0.717) is 5.41 Å². The van der Waals surface area contributed by atoms with E-state index in [-0.39, 0.29) is 0 Å². The number of hydrogen-bond donors (Lipinski definition) is 0. The molecule has 0 unspecified atom stereocenters. The van der Waals surface area contributed by atoms with Crippen LogP contribution in [0.25, 0.3) is 0 Å². The normalized spacial score (nSPS) is 18.6. The van der Waals surface area contributed by atoms with Crippen LogP contribution in [0.3, 0.4) is 0 Å². The largest absolute Gasteiger partial charge is 0.493 e. The first-order chi connectivity index (χ1) is 8.65. The Labute approximate surface area is 127 Å². The lowest BCUT2D eigenvalue weighted by Crippen LogP contribution is -2.32. The summed E-state index contributed by atoms with van der Waals surface area (Å²) in [6, 6.07) is 6.21. The summed E-state index contributed by atoms with van der Waals surface area (Å²) in [5.41, 5.74) is 1.57. The van der Waals surface area contributed by atoms with Crippen LogP contribution in [-0.2, 0) is 0 Å². The van der Waals surface area contributed by atoms with Crippen molar-refractivity contribution in [2.45, 2.75) is 39.0 Å². The molecule has 3 heteroatoms. The van der Waals surface area contributed by atoms with E-state index in [4.69, 9.17) is 4.74 Å². The molecule has 1 aliphatic carbocycles. The van der Waals surface area contributed by atoms with Crippen molar-refractivity contribution in [2.75, 3.05) is 11.9 Å². The van der Waals surface area contributed by atoms with Gasteiger partial charge in [0, 0.05) is 15.2 Å². The fourth-order valence-corrected chi connectivity index (χ4v) is 3.53. The molecule has 0 amide bonds. The predicted octanol–water partition coefficient (Wildman–Crippen LogP) is 5.48. The molecule has 0 N–H and O–H groups in total. The first kappa shape index (κ1) is 14.4. The minimum atomic E-state index is 0.346. The highest BCUT2D eigenvalue weighted by molar-refractivity contribution is 9.10. The minimum absolute atomic E-state index is 0.346. The van der Waals surface area contributed by atoms with Crippen molar-refractivity contribution in [2.24, 2.45) is 5.41 Å². The van der Waals surface area contributed by atoms with E-state index in [0.717, 1.165) is 22.2 Å². The highest BCUT2D eigenvalue weighted by atomic mass is 79.9. The van der Waals surface area contributed by atoms with Crippen LogP contribution in [0.4, 0.5) is 0 Å². The molecule has 0 saturated heterocycles. The number of benzene rings is 1. The molecule has 2 rings (SSSR count). The predicted molar refractivity (Wildman–Crippen MR) is 83.7 cm³/mol. The first-order valence-corrected chi connectivity index (χ1v) is 8.52. The summed E-state index contributed by atoms with van der Waals surface area (Å²) in [5.74, 6) is 0.988. The van der Waals surface area contributed by atoms with Gasteiger partial charge in [-0.25, -0.2) is 0 Å². The molecule has 0 atom stereocenters. The van der Waals surface area contributed by atoms with Gasteiger partial charge in [0.05, 0.1) is 6.61 Å². The van der Waals surface area contributed by atoms with Crippen molar-refractivity contribution in [1.82, 2.24) is 0 Å². The maximum atomic E-state index is 6.02. The maximum absolute atomic E-state index is 6.02. The highest BCUT2D eigenvalue weighted by Crippen LogP contribution is 2.38. The Morgan fingerprint density at radius 3 is 2.56 bits per heavy atom. The van der Waals surface area contributed by atoms with E-state index in [1.807, 2.05) is 6.07 Å². The molecular formula is C15H20Br2O. The van der Waals surface area contributed by atoms with Gasteiger partial charge in [-0.05, 0) is 43.5 Å². The molecule has 1 aromatic rings. The molecule has 1 aliphatic rings. The third-order valence-electron chi connectivity index (χ3n) is 3.87. The van der Waals surface area contributed by atoms with E-state index in [1.165, 1.54) is 37.7 Å². The van der Waals surface area contributed by atoms with Gasteiger partial charge in [-0.15, -0.1) is 0 Å². The molecule has 1 aromatic carbocycles. The second kappa shape index (κ2) is 6.42. The molecule has 0 aromatic heterocycles. The minimum Gasteiger partial charge on any atom is -0.493 e. The second-order valence-electron chi connectivity index (χ2n) is 5.39. The van der Waals surface area contributed by atoms with Crippen molar-refractivity contribution in [1.29, 1.82) is 0 Å². The van der Waals surface area contributed by atoms with Gasteiger partial charge in [-0.2, -0.15) is 0 Å². The Hall–Kier alpha value is -0.0200. The Balaban J connectivity index is 1.98. The van der Waals surface area contributed by atoms with Crippen LogP contribution >= 0.6 is 31.9 Å². The maximum Gasteiger partial charge on any atom is 0.119 e. The summed E-state index contributed by atoms with van der Waals surface area (Å²) >= 11 is 7.20. The lowest BCUT2D eigenvalue weighted by atomic mass is 9.76. The van der Waals surface area contributed by atoms with Gasteiger partial charge in [0.1, 0.15) is 5.75 Å². The summed E-state index contributed by atoms with van der Waals surface area (Å²) < 4.78 is 7.17. The Kier molecular flexibility index (Phi) is 5.14. The van der Waals surface area contributed by atoms with E-state index < -0.39 is 0 Å². The van der Waals surface area contributed by atoms with Crippen molar-refractivity contribution < 1.29 is 4.74 Å². The summed E-state index contributed by atoms with van der Waals surface area (Å²) in [6.45, 7) is 2.93. The Bertz CT molecular complexity index is 397. The number of rotatable bonds is 4. The van der Waals surface area contributed by atoms with Gasteiger partial charge in [0.25, 0.3) is 0 Å². The van der Waals surface area contributed by atoms with Gasteiger partial charge in [-0.3, -0.25) is 0 Å². The molecule has 0 aliphatic heterocycles. The smallest absolute Gasteiger partial charge is 0.119 e. The molecule has 0 spiro atoms. The van der Waals surface area contributed by atoms with Crippen LogP contribution in [0, 0.1) is 12.3 Å². The Morgan fingerprint density at radius 2 is 1.94 bits per heavy atom. The zero-order chi connectivity index (χ0) is 13.0. The molecule has 1 nitrogen and oxygen atoms in total. The fraction of sp³-hybridized carbons (Fsp3) is 0.600. The van der Waals surface area contributed by atoms with Crippen molar-refractivity contribution in [3.8, 4) is 5.75 Å². The van der Waals surface area contributed by atoms with Crippen molar-refractivity contribution in [3.05, 3.63) is 28.2 Å². The third-order valence-corrected chi connectivity index (χ3v) is 5.95.